The quantitative estimate of drug-likeness (QED) is 0.599. The highest BCUT2D eigenvalue weighted by Gasteiger charge is 2.26. The Morgan fingerprint density at radius 1 is 0.742 bits per heavy atom. The fourth-order valence-corrected chi connectivity index (χ4v) is 2.36. The van der Waals surface area contributed by atoms with E-state index >= 15 is 0 Å². The van der Waals surface area contributed by atoms with E-state index in [2.05, 4.69) is 0 Å². The van der Waals surface area contributed by atoms with Crippen molar-refractivity contribution >= 4 is 23.6 Å². The number of benzene rings is 3. The molecule has 0 radical (unpaired) electrons. The molecule has 3 amide bonds. The monoisotopic (exact) mass is 434 g/mol. The summed E-state index contributed by atoms with van der Waals surface area (Å²) in [6.45, 7) is 0. The van der Waals surface area contributed by atoms with Crippen LogP contribution in [0.2, 0.25) is 0 Å². The molecule has 0 aliphatic carbocycles. The summed E-state index contributed by atoms with van der Waals surface area (Å²) in [6.07, 6.45) is -1.55. The first-order valence-corrected chi connectivity index (χ1v) is 8.44. The van der Waals surface area contributed by atoms with Gasteiger partial charge < -0.3 is 10.8 Å². The van der Waals surface area contributed by atoms with Crippen LogP contribution in [-0.4, -0.2) is 23.0 Å². The molecule has 3 aromatic carbocycles. The molecule has 0 heterocycles. The van der Waals surface area contributed by atoms with E-state index in [9.17, 15) is 31.9 Å². The highest BCUT2D eigenvalue weighted by atomic mass is 19.1. The molecule has 3 N–H and O–H groups in total. The highest BCUT2D eigenvalue weighted by molar-refractivity contribution is 6.18. The van der Waals surface area contributed by atoms with Gasteiger partial charge in [0.15, 0.2) is 0 Å². The molecule has 0 aliphatic heterocycles. The first kappa shape index (κ1) is 23.1. The Morgan fingerprint density at radius 2 is 1.23 bits per heavy atom. The molecule has 3 rings (SSSR count). The van der Waals surface area contributed by atoms with Crippen molar-refractivity contribution in [1.82, 2.24) is 0 Å². The van der Waals surface area contributed by atoms with E-state index in [0.29, 0.717) is 17.0 Å². The standard InChI is InChI=1S/C14H9F2NO3.C7H5F2NO/c15-9-6-7-11(12(16)8-9)13(18)17(14(19)20)10-4-2-1-3-5-10;8-4-1-2-5(7(10)11)6(9)3-4/h1-8H,(H,19,20);1-3H,(H2,10,11). The van der Waals surface area contributed by atoms with Crippen LogP contribution < -0.4 is 10.6 Å². The van der Waals surface area contributed by atoms with Crippen LogP contribution in [0.15, 0.2) is 66.7 Å². The maximum Gasteiger partial charge on any atom is 0.419 e. The SMILES string of the molecule is NC(=O)c1ccc(F)cc1F.O=C(O)N(C(=O)c1ccc(F)cc1F)c1ccccc1. The van der Waals surface area contributed by atoms with Gasteiger partial charge in [0.25, 0.3) is 11.8 Å². The van der Waals surface area contributed by atoms with E-state index < -0.39 is 46.7 Å². The lowest BCUT2D eigenvalue weighted by Crippen LogP contribution is -2.36. The van der Waals surface area contributed by atoms with Gasteiger partial charge in [0.1, 0.15) is 23.3 Å². The molecule has 0 atom stereocenters. The Labute approximate surface area is 173 Å². The molecule has 0 fully saturated rings. The van der Waals surface area contributed by atoms with Gasteiger partial charge in [0.2, 0.25) is 0 Å². The second kappa shape index (κ2) is 10.0. The molecular formula is C21H14F4N2O4. The topological polar surface area (TPSA) is 101 Å². The number of imide groups is 1. The van der Waals surface area contributed by atoms with Crippen LogP contribution in [-0.2, 0) is 0 Å². The largest absolute Gasteiger partial charge is 0.464 e. The number of anilines is 1. The van der Waals surface area contributed by atoms with Gasteiger partial charge in [-0.15, -0.1) is 0 Å². The first-order chi connectivity index (χ1) is 14.6. The van der Waals surface area contributed by atoms with Crippen molar-refractivity contribution in [3.8, 4) is 0 Å². The van der Waals surface area contributed by atoms with Crippen molar-refractivity contribution in [2.45, 2.75) is 0 Å². The number of carboxylic acid groups (broad SMARTS) is 1. The van der Waals surface area contributed by atoms with Crippen LogP contribution in [0.3, 0.4) is 0 Å². The lowest BCUT2D eigenvalue weighted by molar-refractivity contribution is 0.0975. The molecule has 160 valence electrons. The number of hydrogen-bond acceptors (Lipinski definition) is 3. The summed E-state index contributed by atoms with van der Waals surface area (Å²) in [5.74, 6) is -5.61. The number of amides is 3. The number of hydrogen-bond donors (Lipinski definition) is 2. The zero-order chi connectivity index (χ0) is 23.1. The molecule has 0 aliphatic rings. The fourth-order valence-electron chi connectivity index (χ4n) is 2.36. The van der Waals surface area contributed by atoms with Crippen LogP contribution in [0.1, 0.15) is 20.7 Å². The van der Waals surface area contributed by atoms with Crippen molar-refractivity contribution in [1.29, 1.82) is 0 Å². The average Bonchev–Trinajstić information content (AvgIpc) is 2.68. The summed E-state index contributed by atoms with van der Waals surface area (Å²) in [7, 11) is 0. The van der Waals surface area contributed by atoms with Crippen LogP contribution in [0.4, 0.5) is 28.0 Å². The van der Waals surface area contributed by atoms with Gasteiger partial charge in [-0.25, -0.2) is 27.3 Å². The molecule has 0 bridgehead atoms. The zero-order valence-corrected chi connectivity index (χ0v) is 15.6. The molecule has 0 saturated heterocycles. The summed E-state index contributed by atoms with van der Waals surface area (Å²) < 4.78 is 51.2. The van der Waals surface area contributed by atoms with E-state index in [0.717, 1.165) is 24.3 Å². The molecule has 0 unspecified atom stereocenters. The predicted octanol–water partition coefficient (Wildman–Crippen LogP) is 4.35. The number of para-hydroxylation sites is 1. The van der Waals surface area contributed by atoms with Gasteiger partial charge in [-0.1, -0.05) is 18.2 Å². The van der Waals surface area contributed by atoms with E-state index in [-0.39, 0.29) is 11.3 Å². The van der Waals surface area contributed by atoms with Gasteiger partial charge in [-0.3, -0.25) is 9.59 Å². The van der Waals surface area contributed by atoms with Crippen LogP contribution in [0.5, 0.6) is 0 Å². The Balaban J connectivity index is 0.000000262. The third-order valence-corrected chi connectivity index (χ3v) is 3.77. The van der Waals surface area contributed by atoms with E-state index in [4.69, 9.17) is 10.8 Å². The van der Waals surface area contributed by atoms with Gasteiger partial charge in [0.05, 0.1) is 16.8 Å². The Kier molecular flexibility index (Phi) is 7.45. The Hall–Kier alpha value is -4.21. The molecule has 0 saturated carbocycles. The van der Waals surface area contributed by atoms with E-state index in [1.165, 1.54) is 12.1 Å². The van der Waals surface area contributed by atoms with E-state index in [1.54, 1.807) is 18.2 Å². The minimum atomic E-state index is -1.55. The van der Waals surface area contributed by atoms with Crippen molar-refractivity contribution < 1.29 is 37.1 Å². The minimum absolute atomic E-state index is 0.0775. The molecule has 3 aromatic rings. The number of nitrogens with zero attached hydrogens (tertiary/aromatic N) is 1. The Morgan fingerprint density at radius 3 is 1.65 bits per heavy atom. The third-order valence-electron chi connectivity index (χ3n) is 3.77. The predicted molar refractivity (Wildman–Crippen MR) is 103 cm³/mol. The van der Waals surface area contributed by atoms with Crippen LogP contribution in [0, 0.1) is 23.3 Å². The van der Waals surface area contributed by atoms with Crippen molar-refractivity contribution in [3.63, 3.8) is 0 Å². The number of nitrogens with two attached hydrogens (primary N) is 1. The molecule has 0 spiro atoms. The number of halogens is 4. The second-order valence-electron chi connectivity index (χ2n) is 5.87. The molecular weight excluding hydrogens is 420 g/mol. The number of rotatable bonds is 3. The first-order valence-electron chi connectivity index (χ1n) is 8.44. The van der Waals surface area contributed by atoms with Crippen molar-refractivity contribution in [3.05, 3.63) is 101 Å². The van der Waals surface area contributed by atoms with Crippen molar-refractivity contribution in [2.24, 2.45) is 5.73 Å². The summed E-state index contributed by atoms with van der Waals surface area (Å²) in [6, 6.07) is 12.4. The van der Waals surface area contributed by atoms with Gasteiger partial charge in [-0.2, -0.15) is 0 Å². The summed E-state index contributed by atoms with van der Waals surface area (Å²) in [5, 5.41) is 9.11. The van der Waals surface area contributed by atoms with Crippen LogP contribution in [0.25, 0.3) is 0 Å². The molecule has 31 heavy (non-hydrogen) atoms. The number of carbonyl (C=O) groups excluding carboxylic acids is 2. The molecule has 6 nitrogen and oxygen atoms in total. The number of carbonyl (C=O) groups is 3. The summed E-state index contributed by atoms with van der Waals surface area (Å²) in [5.41, 5.74) is 4.03. The summed E-state index contributed by atoms with van der Waals surface area (Å²) in [4.78, 5) is 34.1. The van der Waals surface area contributed by atoms with E-state index in [1.807, 2.05) is 0 Å². The van der Waals surface area contributed by atoms with Gasteiger partial charge in [0, 0.05) is 12.1 Å². The number of primary amides is 1. The minimum Gasteiger partial charge on any atom is -0.464 e. The van der Waals surface area contributed by atoms with Crippen LogP contribution >= 0.6 is 0 Å². The normalized spacial score (nSPS) is 9.94. The van der Waals surface area contributed by atoms with Gasteiger partial charge >= 0.3 is 6.09 Å². The maximum absolute atomic E-state index is 13.6. The zero-order valence-electron chi connectivity index (χ0n) is 15.6. The van der Waals surface area contributed by atoms with Gasteiger partial charge in [-0.05, 0) is 36.4 Å². The lowest BCUT2D eigenvalue weighted by atomic mass is 10.1. The maximum atomic E-state index is 13.6. The lowest BCUT2D eigenvalue weighted by Gasteiger charge is -2.17. The fraction of sp³-hybridized carbons (Fsp3) is 0. The molecule has 0 aromatic heterocycles. The highest BCUT2D eigenvalue weighted by Crippen LogP contribution is 2.19. The summed E-state index contributed by atoms with van der Waals surface area (Å²) >= 11 is 0. The second-order valence-corrected chi connectivity index (χ2v) is 5.87. The third kappa shape index (κ3) is 5.89. The molecule has 10 heteroatoms. The smallest absolute Gasteiger partial charge is 0.419 e. The van der Waals surface area contributed by atoms with Crippen molar-refractivity contribution in [2.75, 3.05) is 4.90 Å². The Bertz CT molecular complexity index is 1120. The average molecular weight is 434 g/mol.